The van der Waals surface area contributed by atoms with Crippen LogP contribution in [-0.4, -0.2) is 11.3 Å². The highest BCUT2D eigenvalue weighted by Gasteiger charge is 2.39. The summed E-state index contributed by atoms with van der Waals surface area (Å²) >= 11 is 0. The Labute approximate surface area is 123 Å². The van der Waals surface area contributed by atoms with E-state index in [1.165, 1.54) is 0 Å². The van der Waals surface area contributed by atoms with Crippen molar-refractivity contribution in [2.45, 2.75) is 13.8 Å². The normalized spacial score (nSPS) is 15.6. The molecule has 1 aliphatic rings. The average molecular weight is 298 g/mol. The fourth-order valence-electron chi connectivity index (χ4n) is 2.52. The molecule has 1 heterocycles. The lowest BCUT2D eigenvalue weighted by molar-refractivity contribution is 0.485. The van der Waals surface area contributed by atoms with Gasteiger partial charge in [-0.2, -0.15) is 0 Å². The molecule has 3 rings (SSSR count). The number of amidine groups is 1. The van der Waals surface area contributed by atoms with Gasteiger partial charge in [-0.1, -0.05) is 24.3 Å². The van der Waals surface area contributed by atoms with Gasteiger partial charge in [0.25, 0.3) is 0 Å². The summed E-state index contributed by atoms with van der Waals surface area (Å²) in [6, 6.07) is 14.6. The van der Waals surface area contributed by atoms with Gasteiger partial charge < -0.3 is 9.30 Å². The van der Waals surface area contributed by atoms with Crippen molar-refractivity contribution in [3.05, 3.63) is 48.5 Å². The van der Waals surface area contributed by atoms with Crippen molar-refractivity contribution >= 4 is 29.0 Å². The summed E-state index contributed by atoms with van der Waals surface area (Å²) < 4.78 is 19.7. The molecule has 21 heavy (non-hydrogen) atoms. The molecule has 1 aliphatic heterocycles. The van der Waals surface area contributed by atoms with Crippen molar-refractivity contribution in [1.29, 1.82) is 5.41 Å². The van der Waals surface area contributed by atoms with Gasteiger partial charge >= 0.3 is 0 Å². The Kier molecular flexibility index (Phi) is 3.26. The summed E-state index contributed by atoms with van der Waals surface area (Å²) in [6.45, 7) is 3.30. The van der Waals surface area contributed by atoms with Crippen LogP contribution in [0, 0.1) is 5.41 Å². The second-order valence-electron chi connectivity index (χ2n) is 4.89. The van der Waals surface area contributed by atoms with Crippen LogP contribution in [0.25, 0.3) is 0 Å². The van der Waals surface area contributed by atoms with Gasteiger partial charge in [0.2, 0.25) is 0 Å². The van der Waals surface area contributed by atoms with Crippen LogP contribution < -0.4 is 15.3 Å². The summed E-state index contributed by atoms with van der Waals surface area (Å²) in [5, 5.41) is 8.85. The molecule has 0 aromatic heterocycles. The molecule has 0 bridgehead atoms. The zero-order valence-corrected chi connectivity index (χ0v) is 12.7. The Hall–Kier alpha value is -2.19. The summed E-state index contributed by atoms with van der Waals surface area (Å²) in [5.74, 6) is 1.33. The molecule has 2 aromatic carbocycles. The van der Waals surface area contributed by atoms with Gasteiger partial charge in [0.05, 0.1) is 16.1 Å². The number of benzene rings is 2. The molecule has 106 valence electrons. The lowest BCUT2D eigenvalue weighted by Crippen LogP contribution is -2.28. The first-order chi connectivity index (χ1) is 10.0. The van der Waals surface area contributed by atoms with Crippen molar-refractivity contribution in [2.75, 3.05) is 0 Å². The van der Waals surface area contributed by atoms with E-state index in [-0.39, 0.29) is 5.84 Å². The number of ether oxygens (including phenoxy) is 1. The van der Waals surface area contributed by atoms with Crippen LogP contribution in [0.2, 0.25) is 0 Å². The Morgan fingerprint density at radius 1 is 1.00 bits per heavy atom. The molecule has 0 saturated carbocycles. The second-order valence-corrected chi connectivity index (χ2v) is 7.72. The first kappa shape index (κ1) is 13.8. The van der Waals surface area contributed by atoms with Gasteiger partial charge in [0.15, 0.2) is 7.14 Å². The standard InChI is InChI=1S/C16H15N2O2P/c1-11(17)18-12(2)21(19)15-9-5-3-7-13(15)20-14-8-4-6-10-16(14)21/h3-10,17H,1-2H3. The van der Waals surface area contributed by atoms with Gasteiger partial charge in [0.1, 0.15) is 17.3 Å². The van der Waals surface area contributed by atoms with E-state index >= 15 is 0 Å². The Bertz CT molecular complexity index is 762. The van der Waals surface area contributed by atoms with Crippen LogP contribution in [0.15, 0.2) is 53.5 Å². The van der Waals surface area contributed by atoms with Crippen molar-refractivity contribution < 1.29 is 9.30 Å². The fraction of sp³-hybridized carbons (Fsp3) is 0.125. The zero-order valence-electron chi connectivity index (χ0n) is 11.8. The van der Waals surface area contributed by atoms with Crippen LogP contribution in [0.4, 0.5) is 0 Å². The van der Waals surface area contributed by atoms with Crippen molar-refractivity contribution in [3.63, 3.8) is 0 Å². The van der Waals surface area contributed by atoms with Crippen LogP contribution in [0.3, 0.4) is 0 Å². The molecule has 0 unspecified atom stereocenters. The third kappa shape index (κ3) is 2.12. The highest BCUT2D eigenvalue weighted by Crippen LogP contribution is 2.53. The first-order valence-electron chi connectivity index (χ1n) is 6.61. The molecule has 0 amide bonds. The predicted octanol–water partition coefficient (Wildman–Crippen LogP) is 3.52. The zero-order chi connectivity index (χ0) is 15.0. The van der Waals surface area contributed by atoms with Gasteiger partial charge in [-0.25, -0.2) is 4.99 Å². The monoisotopic (exact) mass is 298 g/mol. The van der Waals surface area contributed by atoms with E-state index in [2.05, 4.69) is 4.99 Å². The molecule has 2 aromatic rings. The minimum Gasteiger partial charge on any atom is -0.456 e. The van der Waals surface area contributed by atoms with Crippen molar-refractivity contribution in [2.24, 2.45) is 4.99 Å². The van der Waals surface area contributed by atoms with Crippen molar-refractivity contribution in [3.8, 4) is 11.5 Å². The van der Waals surface area contributed by atoms with Crippen LogP contribution in [-0.2, 0) is 4.57 Å². The highest BCUT2D eigenvalue weighted by molar-refractivity contribution is 7.93. The van der Waals surface area contributed by atoms with E-state index in [1.54, 1.807) is 13.8 Å². The van der Waals surface area contributed by atoms with Gasteiger partial charge in [-0.15, -0.1) is 0 Å². The molecule has 4 nitrogen and oxygen atoms in total. The lowest BCUT2D eigenvalue weighted by Gasteiger charge is -2.28. The second kappa shape index (κ2) is 4.97. The number of hydrogen-bond donors (Lipinski definition) is 1. The Morgan fingerprint density at radius 2 is 1.48 bits per heavy atom. The molecular formula is C16H15N2O2P. The average Bonchev–Trinajstić information content (AvgIpc) is 2.47. The topological polar surface area (TPSA) is 62.5 Å². The molecule has 0 radical (unpaired) electrons. The number of fused-ring (bicyclic) bond motifs is 2. The summed E-state index contributed by atoms with van der Waals surface area (Å²) in [6.07, 6.45) is 0. The number of nitrogens with one attached hydrogen (secondary N) is 1. The number of para-hydroxylation sites is 2. The van der Waals surface area contributed by atoms with E-state index in [9.17, 15) is 4.57 Å². The van der Waals surface area contributed by atoms with Crippen molar-refractivity contribution in [1.82, 2.24) is 0 Å². The lowest BCUT2D eigenvalue weighted by atomic mass is 10.3. The molecule has 0 fully saturated rings. The smallest absolute Gasteiger partial charge is 0.191 e. The highest BCUT2D eigenvalue weighted by atomic mass is 31.2. The summed E-state index contributed by atoms with van der Waals surface area (Å²) in [5.41, 5.74) is 0.457. The van der Waals surface area contributed by atoms with Gasteiger partial charge in [-0.05, 0) is 38.1 Å². The predicted molar refractivity (Wildman–Crippen MR) is 86.3 cm³/mol. The summed E-state index contributed by atoms with van der Waals surface area (Å²) in [7, 11) is -3.05. The minimum absolute atomic E-state index is 0.143. The van der Waals surface area contributed by atoms with E-state index in [4.69, 9.17) is 10.1 Å². The number of nitrogens with zero attached hydrogens (tertiary/aromatic N) is 1. The number of rotatable bonds is 1. The van der Waals surface area contributed by atoms with Gasteiger partial charge in [-0.3, -0.25) is 5.41 Å². The van der Waals surface area contributed by atoms with E-state index in [1.807, 2.05) is 48.5 Å². The van der Waals surface area contributed by atoms with Crippen LogP contribution in [0.1, 0.15) is 13.8 Å². The quantitative estimate of drug-likeness (QED) is 0.497. The Morgan fingerprint density at radius 3 is 1.95 bits per heavy atom. The van der Waals surface area contributed by atoms with Gasteiger partial charge in [0, 0.05) is 0 Å². The fourth-order valence-corrected chi connectivity index (χ4v) is 5.22. The molecule has 5 heteroatoms. The van der Waals surface area contributed by atoms with Crippen LogP contribution >= 0.6 is 7.14 Å². The number of aliphatic imine (C=N–C) groups is 1. The maximum atomic E-state index is 13.8. The van der Waals surface area contributed by atoms with E-state index < -0.39 is 7.14 Å². The minimum atomic E-state index is -3.05. The molecule has 0 atom stereocenters. The Balaban J connectivity index is 2.34. The van der Waals surface area contributed by atoms with E-state index in [0.29, 0.717) is 27.6 Å². The largest absolute Gasteiger partial charge is 0.456 e. The number of hydrogen-bond acceptors (Lipinski definition) is 3. The SMILES string of the molecule is CC(=N)N=C(C)P1(=O)c2ccccc2Oc2ccccc21. The third-order valence-corrected chi connectivity index (χ3v) is 6.52. The molecule has 1 N–H and O–H groups in total. The maximum Gasteiger partial charge on any atom is 0.191 e. The third-order valence-electron chi connectivity index (χ3n) is 3.41. The molecular weight excluding hydrogens is 283 g/mol. The molecule has 0 spiro atoms. The summed E-state index contributed by atoms with van der Waals surface area (Å²) in [4.78, 5) is 4.15. The van der Waals surface area contributed by atoms with Crippen LogP contribution in [0.5, 0.6) is 11.5 Å². The van der Waals surface area contributed by atoms with E-state index in [0.717, 1.165) is 0 Å². The first-order valence-corrected chi connectivity index (χ1v) is 8.32. The molecule has 0 saturated heterocycles. The maximum absolute atomic E-state index is 13.8. The molecule has 0 aliphatic carbocycles.